The lowest BCUT2D eigenvalue weighted by Gasteiger charge is -2.21. The third-order valence-corrected chi connectivity index (χ3v) is 4.56. The highest BCUT2D eigenvalue weighted by atomic mass is 127. The van der Waals surface area contributed by atoms with E-state index in [9.17, 15) is 4.79 Å². The lowest BCUT2D eigenvalue weighted by Crippen LogP contribution is -2.24. The largest absolute Gasteiger partial charge is 0.327 e. The highest BCUT2D eigenvalue weighted by molar-refractivity contribution is 14.1. The molecular formula is C19H13IN4O. The van der Waals surface area contributed by atoms with Crippen LogP contribution < -0.4 is 0 Å². The van der Waals surface area contributed by atoms with Crippen LogP contribution in [0.5, 0.6) is 0 Å². The first-order valence-corrected chi connectivity index (χ1v) is 8.80. The van der Waals surface area contributed by atoms with Crippen molar-refractivity contribution in [1.82, 2.24) is 9.88 Å². The summed E-state index contributed by atoms with van der Waals surface area (Å²) < 4.78 is 1.13. The Labute approximate surface area is 158 Å². The quantitative estimate of drug-likeness (QED) is 0.636. The average molecular weight is 440 g/mol. The lowest BCUT2D eigenvalue weighted by atomic mass is 10.1. The van der Waals surface area contributed by atoms with Gasteiger partial charge in [0.15, 0.2) is 5.84 Å². The Hall–Kier alpha value is -2.61. The van der Waals surface area contributed by atoms with Crippen LogP contribution in [0.15, 0.2) is 80.7 Å². The van der Waals surface area contributed by atoms with Crippen LogP contribution in [0.25, 0.3) is 0 Å². The fraction of sp³-hybridized carbons (Fsp3) is 0.0526. The van der Waals surface area contributed by atoms with Crippen molar-refractivity contribution in [1.29, 1.82) is 0 Å². The van der Waals surface area contributed by atoms with Crippen LogP contribution in [-0.2, 0) is 6.54 Å². The maximum absolute atomic E-state index is 12.5. The van der Waals surface area contributed by atoms with E-state index in [0.29, 0.717) is 17.9 Å². The van der Waals surface area contributed by atoms with Crippen molar-refractivity contribution in [3.05, 3.63) is 87.4 Å². The molecule has 25 heavy (non-hydrogen) atoms. The Morgan fingerprint density at radius 1 is 1.12 bits per heavy atom. The number of amidine groups is 2. The summed E-state index contributed by atoms with van der Waals surface area (Å²) in [6.45, 7) is 0.689. The number of aromatic nitrogens is 1. The third-order valence-electron chi connectivity index (χ3n) is 3.92. The Kier molecular flexibility index (Phi) is 4.27. The molecule has 3 heterocycles. The normalized spacial score (nSPS) is 17.3. The predicted octanol–water partition coefficient (Wildman–Crippen LogP) is 3.73. The molecule has 1 aromatic heterocycles. The van der Waals surface area contributed by atoms with Crippen LogP contribution in [-0.4, -0.2) is 27.5 Å². The van der Waals surface area contributed by atoms with E-state index in [1.54, 1.807) is 24.5 Å². The number of hydrogen-bond acceptors (Lipinski definition) is 3. The summed E-state index contributed by atoms with van der Waals surface area (Å²) in [4.78, 5) is 27.5. The van der Waals surface area contributed by atoms with Gasteiger partial charge in [-0.1, -0.05) is 24.3 Å². The molecule has 0 N–H and O–H groups in total. The number of nitrogens with zero attached hydrogens (tertiary/aromatic N) is 4. The molecule has 2 aromatic rings. The second-order valence-corrected chi connectivity index (χ2v) is 6.82. The van der Waals surface area contributed by atoms with Gasteiger partial charge in [0, 0.05) is 39.8 Å². The summed E-state index contributed by atoms with van der Waals surface area (Å²) in [6.07, 6.45) is 9.15. The second-order valence-electron chi connectivity index (χ2n) is 5.58. The minimum atomic E-state index is -0.324. The van der Waals surface area contributed by atoms with Crippen molar-refractivity contribution in [3.63, 3.8) is 0 Å². The highest BCUT2D eigenvalue weighted by Crippen LogP contribution is 2.24. The van der Waals surface area contributed by atoms with Crippen LogP contribution in [0.3, 0.4) is 0 Å². The van der Waals surface area contributed by atoms with Gasteiger partial charge in [0.05, 0.1) is 0 Å². The highest BCUT2D eigenvalue weighted by Gasteiger charge is 2.21. The molecule has 0 unspecified atom stereocenters. The Morgan fingerprint density at radius 3 is 2.76 bits per heavy atom. The predicted molar refractivity (Wildman–Crippen MR) is 106 cm³/mol. The van der Waals surface area contributed by atoms with Crippen molar-refractivity contribution in [2.75, 3.05) is 0 Å². The number of benzene rings is 1. The van der Waals surface area contributed by atoms with E-state index in [1.807, 2.05) is 42.6 Å². The van der Waals surface area contributed by atoms with Crippen molar-refractivity contribution in [3.8, 4) is 0 Å². The Morgan fingerprint density at radius 2 is 1.92 bits per heavy atom. The van der Waals surface area contributed by atoms with Gasteiger partial charge in [0.2, 0.25) is 0 Å². The SMILES string of the molecule is O=C(N=C1N=C2C=CC(I)=CN2Cc2ccccc21)c1ccncc1. The summed E-state index contributed by atoms with van der Waals surface area (Å²) in [5, 5.41) is 0. The van der Waals surface area contributed by atoms with Gasteiger partial charge in [-0.3, -0.25) is 9.78 Å². The van der Waals surface area contributed by atoms with Crippen LogP contribution in [0.2, 0.25) is 0 Å². The summed E-state index contributed by atoms with van der Waals surface area (Å²) >= 11 is 2.28. The van der Waals surface area contributed by atoms with Crippen LogP contribution in [0.1, 0.15) is 21.5 Å². The molecule has 0 saturated heterocycles. The van der Waals surface area contributed by atoms with E-state index in [4.69, 9.17) is 0 Å². The van der Waals surface area contributed by atoms with Crippen molar-refractivity contribution < 1.29 is 4.79 Å². The standard InChI is InChI=1S/C19H13IN4O/c20-15-5-6-17-22-18(23-19(25)13-7-9-21-10-8-13)16-4-2-1-3-14(16)11-24(17)12-15/h1-10,12H,11H2. The number of carbonyl (C=O) groups is 1. The van der Waals surface area contributed by atoms with Crippen LogP contribution >= 0.6 is 22.6 Å². The molecule has 0 bridgehead atoms. The van der Waals surface area contributed by atoms with Gasteiger partial charge in [-0.05, 0) is 52.4 Å². The molecule has 0 aliphatic carbocycles. The van der Waals surface area contributed by atoms with E-state index in [-0.39, 0.29) is 5.91 Å². The minimum absolute atomic E-state index is 0.324. The van der Waals surface area contributed by atoms with Crippen LogP contribution in [0, 0.1) is 0 Å². The number of amides is 1. The minimum Gasteiger partial charge on any atom is -0.327 e. The molecule has 0 spiro atoms. The van der Waals surface area contributed by atoms with E-state index < -0.39 is 0 Å². The third kappa shape index (κ3) is 3.30. The molecule has 0 saturated carbocycles. The number of halogens is 1. The number of allylic oxidation sites excluding steroid dienone is 2. The van der Waals surface area contributed by atoms with Crippen LogP contribution in [0.4, 0.5) is 0 Å². The van der Waals surface area contributed by atoms with Gasteiger partial charge in [-0.2, -0.15) is 4.99 Å². The maximum atomic E-state index is 12.5. The van der Waals surface area contributed by atoms with Gasteiger partial charge in [0.25, 0.3) is 5.91 Å². The molecule has 0 fully saturated rings. The zero-order valence-electron chi connectivity index (χ0n) is 13.1. The van der Waals surface area contributed by atoms with E-state index >= 15 is 0 Å². The molecule has 122 valence electrons. The van der Waals surface area contributed by atoms with Gasteiger partial charge in [-0.15, -0.1) is 0 Å². The molecule has 0 atom stereocenters. The maximum Gasteiger partial charge on any atom is 0.279 e. The molecule has 6 heteroatoms. The number of hydrogen-bond donors (Lipinski definition) is 0. The van der Waals surface area contributed by atoms with Gasteiger partial charge in [0.1, 0.15) is 5.84 Å². The number of fused-ring (bicyclic) bond motifs is 2. The van der Waals surface area contributed by atoms with Crippen molar-refractivity contribution in [2.45, 2.75) is 6.54 Å². The number of aliphatic imine (C=N–C) groups is 2. The van der Waals surface area contributed by atoms with E-state index in [0.717, 1.165) is 20.5 Å². The zero-order chi connectivity index (χ0) is 17.2. The monoisotopic (exact) mass is 440 g/mol. The molecule has 2 aliphatic rings. The zero-order valence-corrected chi connectivity index (χ0v) is 15.3. The topological polar surface area (TPSA) is 57.9 Å². The van der Waals surface area contributed by atoms with Gasteiger partial charge >= 0.3 is 0 Å². The molecule has 0 radical (unpaired) electrons. The first-order chi connectivity index (χ1) is 12.2. The fourth-order valence-electron chi connectivity index (χ4n) is 2.71. The van der Waals surface area contributed by atoms with Crippen molar-refractivity contribution >= 4 is 40.2 Å². The first-order valence-electron chi connectivity index (χ1n) is 7.73. The van der Waals surface area contributed by atoms with Gasteiger partial charge < -0.3 is 4.90 Å². The molecule has 4 rings (SSSR count). The van der Waals surface area contributed by atoms with E-state index in [1.165, 1.54) is 0 Å². The summed E-state index contributed by atoms with van der Waals surface area (Å²) in [5.41, 5.74) is 2.46. The number of pyridine rings is 1. The lowest BCUT2D eigenvalue weighted by molar-refractivity contribution is 0.100. The second kappa shape index (κ2) is 6.72. The summed E-state index contributed by atoms with van der Waals surface area (Å²) in [5.74, 6) is 0.887. The Balaban J connectivity index is 1.82. The summed E-state index contributed by atoms with van der Waals surface area (Å²) in [7, 11) is 0. The Bertz CT molecular complexity index is 960. The molecule has 5 nitrogen and oxygen atoms in total. The first kappa shape index (κ1) is 15.9. The van der Waals surface area contributed by atoms with Gasteiger partial charge in [-0.25, -0.2) is 4.99 Å². The number of rotatable bonds is 1. The summed E-state index contributed by atoms with van der Waals surface area (Å²) in [6, 6.07) is 11.2. The molecule has 2 aliphatic heterocycles. The molecular weight excluding hydrogens is 427 g/mol. The van der Waals surface area contributed by atoms with Crippen molar-refractivity contribution in [2.24, 2.45) is 9.98 Å². The smallest absolute Gasteiger partial charge is 0.279 e. The van der Waals surface area contributed by atoms with E-state index in [2.05, 4.69) is 42.5 Å². The number of carbonyl (C=O) groups excluding carboxylic acids is 1. The molecule has 1 amide bonds. The average Bonchev–Trinajstić information content (AvgIpc) is 2.79. The molecule has 1 aromatic carbocycles. The fourth-order valence-corrected chi connectivity index (χ4v) is 3.22.